The minimum Gasteiger partial charge on any atom is -0.748 e. The average Bonchev–Trinajstić information content (AvgIpc) is 3.32. The number of hydrogen-bond acceptors (Lipinski definition) is 0. The third-order valence-electron chi connectivity index (χ3n) is 4.76. The van der Waals surface area contributed by atoms with Gasteiger partial charge in [-0.1, -0.05) is 40.0 Å². The van der Waals surface area contributed by atoms with Gasteiger partial charge in [0.15, 0.2) is 0 Å². The molecular formula is C23H38FeN-5. The van der Waals surface area contributed by atoms with E-state index in [2.05, 4.69) is 45.0 Å². The van der Waals surface area contributed by atoms with Crippen molar-refractivity contribution in [1.82, 2.24) is 0 Å². The molecule has 2 aromatic rings. The zero-order valence-corrected chi connectivity index (χ0v) is 17.7. The van der Waals surface area contributed by atoms with E-state index in [4.69, 9.17) is 0 Å². The first kappa shape index (κ1) is 24.2. The average molecular weight is 384 g/mol. The molecule has 0 saturated carbocycles. The maximum Gasteiger partial charge on any atom is 0.0781 e. The summed E-state index contributed by atoms with van der Waals surface area (Å²) in [7, 11) is 0. The smallest absolute Gasteiger partial charge is 0.0781 e. The van der Waals surface area contributed by atoms with Crippen molar-refractivity contribution in [2.45, 2.75) is 65.8 Å². The maximum atomic E-state index is 2.32. The van der Waals surface area contributed by atoms with Crippen LogP contribution in [0.15, 0.2) is 54.6 Å². The van der Waals surface area contributed by atoms with Gasteiger partial charge in [-0.05, 0) is 19.3 Å². The summed E-state index contributed by atoms with van der Waals surface area (Å²) >= 11 is 0. The molecule has 0 radical (unpaired) electrons. The molecule has 0 aliphatic rings. The van der Waals surface area contributed by atoms with Gasteiger partial charge in [0.25, 0.3) is 0 Å². The number of quaternary nitrogens is 1. The molecule has 0 aromatic heterocycles. The molecule has 0 N–H and O–H groups in total. The summed E-state index contributed by atoms with van der Waals surface area (Å²) in [6.45, 7) is 12.3. The van der Waals surface area contributed by atoms with Crippen molar-refractivity contribution in [3.63, 3.8) is 0 Å². The molecule has 25 heavy (non-hydrogen) atoms. The van der Waals surface area contributed by atoms with Crippen molar-refractivity contribution in [1.29, 1.82) is 0 Å². The molecule has 0 heterocycles. The fourth-order valence-corrected chi connectivity index (χ4v) is 3.28. The molecule has 0 bridgehead atoms. The van der Waals surface area contributed by atoms with Gasteiger partial charge in [0.2, 0.25) is 0 Å². The third kappa shape index (κ3) is 10.7. The normalized spacial score (nSPS) is 10.7. The topological polar surface area (TPSA) is 0 Å². The van der Waals surface area contributed by atoms with Gasteiger partial charge in [0.1, 0.15) is 0 Å². The van der Waals surface area contributed by atoms with E-state index in [9.17, 15) is 0 Å². The zero-order chi connectivity index (χ0) is 17.5. The molecule has 0 unspecified atom stereocenters. The summed E-state index contributed by atoms with van der Waals surface area (Å²) in [6.07, 6.45) is 8.06. The second-order valence-electron chi connectivity index (χ2n) is 6.99. The van der Waals surface area contributed by atoms with E-state index in [1.807, 2.05) is 30.3 Å². The first-order valence-corrected chi connectivity index (χ1v) is 9.98. The molecule has 2 heteroatoms. The molecule has 0 fully saturated rings. The second kappa shape index (κ2) is 15.4. The SMILES string of the molecule is CCCC[N+](CCCC)(CCCC)C[c-]1cccc1.[Fe].[cH-]1[cH-][cH-][cH-][cH-]1. The van der Waals surface area contributed by atoms with E-state index >= 15 is 0 Å². The van der Waals surface area contributed by atoms with Crippen molar-refractivity contribution < 1.29 is 21.6 Å². The van der Waals surface area contributed by atoms with Gasteiger partial charge < -0.3 is 34.8 Å². The van der Waals surface area contributed by atoms with Gasteiger partial charge in [-0.15, -0.1) is 5.56 Å². The molecule has 0 aliphatic heterocycles. The van der Waals surface area contributed by atoms with E-state index in [0.29, 0.717) is 0 Å². The Labute approximate surface area is 167 Å². The van der Waals surface area contributed by atoms with Crippen LogP contribution in [-0.4, -0.2) is 24.1 Å². The summed E-state index contributed by atoms with van der Waals surface area (Å²) < 4.78 is 1.32. The van der Waals surface area contributed by atoms with E-state index < -0.39 is 0 Å². The quantitative estimate of drug-likeness (QED) is 0.235. The summed E-state index contributed by atoms with van der Waals surface area (Å²) in [6, 6.07) is 19.0. The van der Waals surface area contributed by atoms with Gasteiger partial charge in [-0.3, -0.25) is 0 Å². The maximum absolute atomic E-state index is 2.32. The number of hydrogen-bond donors (Lipinski definition) is 0. The van der Waals surface area contributed by atoms with E-state index in [1.54, 1.807) is 0 Å². The predicted octanol–water partition coefficient (Wildman–Crippen LogP) is 6.53. The third-order valence-corrected chi connectivity index (χ3v) is 4.76. The molecule has 0 amide bonds. The van der Waals surface area contributed by atoms with Crippen molar-refractivity contribution in [2.75, 3.05) is 19.6 Å². The van der Waals surface area contributed by atoms with Crippen LogP contribution in [0, 0.1) is 0 Å². The minimum absolute atomic E-state index is 0. The fourth-order valence-electron chi connectivity index (χ4n) is 3.28. The molecule has 0 saturated heterocycles. The van der Waals surface area contributed by atoms with Crippen LogP contribution >= 0.6 is 0 Å². The minimum atomic E-state index is 0. The van der Waals surface area contributed by atoms with Gasteiger partial charge >= 0.3 is 0 Å². The van der Waals surface area contributed by atoms with E-state index in [-0.39, 0.29) is 17.1 Å². The van der Waals surface area contributed by atoms with Crippen LogP contribution in [0.3, 0.4) is 0 Å². The predicted molar refractivity (Wildman–Crippen MR) is 107 cm³/mol. The van der Waals surface area contributed by atoms with Gasteiger partial charge in [-0.25, -0.2) is 12.1 Å². The van der Waals surface area contributed by atoms with Crippen molar-refractivity contribution in [2.24, 2.45) is 0 Å². The van der Waals surface area contributed by atoms with Crippen LogP contribution in [0.25, 0.3) is 0 Å². The molecule has 0 spiro atoms. The Morgan fingerprint density at radius 3 is 1.36 bits per heavy atom. The summed E-state index contributed by atoms with van der Waals surface area (Å²) in [5.41, 5.74) is 1.53. The van der Waals surface area contributed by atoms with E-state index in [0.717, 1.165) is 0 Å². The molecule has 2 rings (SSSR count). The van der Waals surface area contributed by atoms with Crippen LogP contribution in [0.4, 0.5) is 0 Å². The van der Waals surface area contributed by atoms with E-state index in [1.165, 1.54) is 74.8 Å². The zero-order valence-electron chi connectivity index (χ0n) is 16.6. The first-order valence-electron chi connectivity index (χ1n) is 9.98. The fraction of sp³-hybridized carbons (Fsp3) is 0.565. The Hall–Kier alpha value is -0.821. The molecule has 2 aromatic carbocycles. The van der Waals surface area contributed by atoms with Gasteiger partial charge in [0.05, 0.1) is 26.2 Å². The summed E-state index contributed by atoms with van der Waals surface area (Å²) in [5.74, 6) is 0. The Kier molecular flexibility index (Phi) is 14.9. The van der Waals surface area contributed by atoms with Crippen LogP contribution in [0.1, 0.15) is 64.9 Å². The molecule has 1 nitrogen and oxygen atoms in total. The first-order chi connectivity index (χ1) is 11.8. The Bertz CT molecular complexity index is 419. The van der Waals surface area contributed by atoms with Crippen molar-refractivity contribution >= 4 is 0 Å². The molecule has 0 atom stereocenters. The van der Waals surface area contributed by atoms with Crippen LogP contribution in [0.5, 0.6) is 0 Å². The van der Waals surface area contributed by atoms with Crippen LogP contribution in [0.2, 0.25) is 0 Å². The van der Waals surface area contributed by atoms with Crippen molar-refractivity contribution in [3.8, 4) is 0 Å². The Morgan fingerprint density at radius 1 is 0.680 bits per heavy atom. The number of nitrogens with zero attached hydrogens (tertiary/aromatic N) is 1. The summed E-state index contributed by atoms with van der Waals surface area (Å²) in [5, 5.41) is 0. The largest absolute Gasteiger partial charge is 0.748 e. The standard InChI is InChI=1S/C18H33N.C5H5.Fe/c1-4-7-14-19(15-8-5-2,16-9-6-3)17-18-12-10-11-13-18;1-2-4-5-3-1;/h10-13H,4-9,14-17H2,1-3H3;1-5H;/q;-5;. The van der Waals surface area contributed by atoms with Gasteiger partial charge in [-0.2, -0.15) is 12.1 Å². The molecular weight excluding hydrogens is 346 g/mol. The van der Waals surface area contributed by atoms with Crippen molar-refractivity contribution in [3.05, 3.63) is 60.2 Å². The van der Waals surface area contributed by atoms with Crippen LogP contribution < -0.4 is 0 Å². The second-order valence-corrected chi connectivity index (χ2v) is 6.99. The Balaban J connectivity index is 0.000000820. The summed E-state index contributed by atoms with van der Waals surface area (Å²) in [4.78, 5) is 0. The Morgan fingerprint density at radius 2 is 1.04 bits per heavy atom. The van der Waals surface area contributed by atoms with Gasteiger partial charge in [0, 0.05) is 17.1 Å². The van der Waals surface area contributed by atoms with Crippen LogP contribution in [-0.2, 0) is 23.6 Å². The molecule has 0 aliphatic carbocycles. The monoisotopic (exact) mass is 384 g/mol. The molecule has 148 valence electrons. The number of unbranched alkanes of at least 4 members (excludes halogenated alkanes) is 3. The number of rotatable bonds is 11.